The minimum Gasteiger partial charge on any atom is -0.329 e. The number of sulfonamides is 1. The second-order valence-electron chi connectivity index (χ2n) is 6.30. The molecule has 0 saturated carbocycles. The van der Waals surface area contributed by atoms with E-state index in [0.29, 0.717) is 34.9 Å². The third kappa shape index (κ3) is 4.47. The SMILES string of the molecule is NCCNSc1ccc(-c2cccc(-c3ncn[nH]3)c2)c(-c2nn[nH]n2)c1S(N)(=O)=O. The Morgan fingerprint density at radius 2 is 2.00 bits per heavy atom. The van der Waals surface area contributed by atoms with E-state index < -0.39 is 10.0 Å². The summed E-state index contributed by atoms with van der Waals surface area (Å²) in [5, 5.41) is 26.3. The number of nitrogens with two attached hydrogens (primary N) is 2. The largest absolute Gasteiger partial charge is 0.329 e. The van der Waals surface area contributed by atoms with Gasteiger partial charge < -0.3 is 5.73 Å². The van der Waals surface area contributed by atoms with Gasteiger partial charge in [0.25, 0.3) is 0 Å². The summed E-state index contributed by atoms with van der Waals surface area (Å²) >= 11 is 1.12. The molecule has 0 aliphatic carbocycles. The fourth-order valence-electron chi connectivity index (χ4n) is 3.02. The molecule has 0 spiro atoms. The number of primary sulfonamides is 1. The first-order valence-electron chi connectivity index (χ1n) is 8.98. The highest BCUT2D eigenvalue weighted by molar-refractivity contribution is 7.98. The highest BCUT2D eigenvalue weighted by Crippen LogP contribution is 2.40. The van der Waals surface area contributed by atoms with Crippen LogP contribution in [0.4, 0.5) is 0 Å². The molecule has 2 aromatic carbocycles. The summed E-state index contributed by atoms with van der Waals surface area (Å²) in [5.74, 6) is 0.679. The standard InChI is InChI=1S/C17H18N10O2S2/c18-6-7-22-30-13-5-4-12(10-2-1-3-11(8-10)16-20-9-21-23-16)14(15(13)31(19,28)29)17-24-26-27-25-17/h1-5,8-9,22H,6-7,18H2,(H2,19,28,29)(H,20,21,23)(H,24,25,26,27). The molecule has 0 amide bonds. The van der Waals surface area contributed by atoms with E-state index in [2.05, 4.69) is 40.5 Å². The lowest BCUT2D eigenvalue weighted by Gasteiger charge is -2.16. The van der Waals surface area contributed by atoms with Gasteiger partial charge in [-0.25, -0.2) is 18.5 Å². The van der Waals surface area contributed by atoms with Gasteiger partial charge in [0, 0.05) is 23.5 Å². The Kier molecular flexibility index (Phi) is 6.06. The van der Waals surface area contributed by atoms with Gasteiger partial charge in [0.15, 0.2) is 5.82 Å². The zero-order valence-corrected chi connectivity index (χ0v) is 17.6. The normalized spacial score (nSPS) is 11.7. The lowest BCUT2D eigenvalue weighted by Crippen LogP contribution is -2.19. The molecule has 7 N–H and O–H groups in total. The van der Waals surface area contributed by atoms with Gasteiger partial charge in [-0.3, -0.25) is 9.82 Å². The van der Waals surface area contributed by atoms with Crippen LogP contribution >= 0.6 is 11.9 Å². The monoisotopic (exact) mass is 458 g/mol. The summed E-state index contributed by atoms with van der Waals surface area (Å²) in [7, 11) is -4.15. The summed E-state index contributed by atoms with van der Waals surface area (Å²) in [4.78, 5) is 4.45. The van der Waals surface area contributed by atoms with Crippen LogP contribution in [0.5, 0.6) is 0 Å². The average Bonchev–Trinajstić information content (AvgIpc) is 3.47. The van der Waals surface area contributed by atoms with E-state index in [1.165, 1.54) is 6.33 Å². The van der Waals surface area contributed by atoms with E-state index in [9.17, 15) is 8.42 Å². The molecule has 0 atom stereocenters. The van der Waals surface area contributed by atoms with Crippen LogP contribution in [0.2, 0.25) is 0 Å². The highest BCUT2D eigenvalue weighted by Gasteiger charge is 2.27. The molecule has 4 rings (SSSR count). The number of aromatic nitrogens is 7. The minimum atomic E-state index is -4.15. The Hall–Kier alpha value is -3.17. The number of nitrogens with zero attached hydrogens (tertiary/aromatic N) is 5. The molecule has 0 radical (unpaired) electrons. The predicted octanol–water partition coefficient (Wildman–Crippen LogP) is 0.522. The molecule has 4 aromatic rings. The third-order valence-electron chi connectivity index (χ3n) is 4.27. The lowest BCUT2D eigenvalue weighted by molar-refractivity contribution is 0.596. The summed E-state index contributed by atoms with van der Waals surface area (Å²) in [6.45, 7) is 0.870. The van der Waals surface area contributed by atoms with Gasteiger partial charge in [-0.15, -0.1) is 10.2 Å². The van der Waals surface area contributed by atoms with Crippen LogP contribution in [0.1, 0.15) is 0 Å². The van der Waals surface area contributed by atoms with E-state index in [-0.39, 0.29) is 16.3 Å². The zero-order valence-electron chi connectivity index (χ0n) is 16.0. The molecule has 2 heterocycles. The van der Waals surface area contributed by atoms with Crippen LogP contribution in [-0.2, 0) is 10.0 Å². The molecule has 0 bridgehead atoms. The maximum Gasteiger partial charge on any atom is 0.239 e. The molecule has 0 unspecified atom stereocenters. The molecule has 2 aromatic heterocycles. The second kappa shape index (κ2) is 8.91. The van der Waals surface area contributed by atoms with Crippen molar-refractivity contribution in [3.8, 4) is 33.9 Å². The topological polar surface area (TPSA) is 194 Å². The quantitative estimate of drug-likeness (QED) is 0.183. The van der Waals surface area contributed by atoms with E-state index in [0.717, 1.165) is 17.5 Å². The van der Waals surface area contributed by atoms with Crippen LogP contribution < -0.4 is 15.6 Å². The molecule has 14 heteroatoms. The van der Waals surface area contributed by atoms with Crippen molar-refractivity contribution >= 4 is 22.0 Å². The van der Waals surface area contributed by atoms with Crippen molar-refractivity contribution in [3.63, 3.8) is 0 Å². The fraction of sp³-hybridized carbons (Fsp3) is 0.118. The van der Waals surface area contributed by atoms with Crippen molar-refractivity contribution in [3.05, 3.63) is 42.7 Å². The minimum absolute atomic E-state index is 0.102. The molecule has 0 saturated heterocycles. The Balaban J connectivity index is 1.94. The number of rotatable bonds is 8. The molecular weight excluding hydrogens is 440 g/mol. The van der Waals surface area contributed by atoms with Gasteiger partial charge in [-0.2, -0.15) is 10.3 Å². The van der Waals surface area contributed by atoms with Crippen molar-refractivity contribution in [2.75, 3.05) is 13.1 Å². The first kappa shape index (κ1) is 21.1. The van der Waals surface area contributed by atoms with Crippen LogP contribution in [0.25, 0.3) is 33.9 Å². The number of benzene rings is 2. The Morgan fingerprint density at radius 1 is 1.16 bits per heavy atom. The maximum atomic E-state index is 12.6. The van der Waals surface area contributed by atoms with Crippen LogP contribution in [0, 0.1) is 0 Å². The van der Waals surface area contributed by atoms with Crippen molar-refractivity contribution < 1.29 is 8.42 Å². The third-order valence-corrected chi connectivity index (χ3v) is 6.30. The van der Waals surface area contributed by atoms with Crippen LogP contribution in [0.3, 0.4) is 0 Å². The number of tetrazole rings is 1. The molecule has 0 fully saturated rings. The van der Waals surface area contributed by atoms with Crippen LogP contribution in [0.15, 0.2) is 52.5 Å². The van der Waals surface area contributed by atoms with Crippen molar-refractivity contribution in [2.24, 2.45) is 10.9 Å². The molecule has 0 aliphatic heterocycles. The summed E-state index contributed by atoms with van der Waals surface area (Å²) in [6, 6.07) is 10.8. The fourth-order valence-corrected chi connectivity index (χ4v) is 5.04. The first-order valence-corrected chi connectivity index (χ1v) is 11.3. The van der Waals surface area contributed by atoms with Gasteiger partial charge in [0.1, 0.15) is 11.2 Å². The summed E-state index contributed by atoms with van der Waals surface area (Å²) in [5.41, 5.74) is 7.81. The molecular formula is C17H18N10O2S2. The maximum absolute atomic E-state index is 12.6. The van der Waals surface area contributed by atoms with Crippen molar-refractivity contribution in [2.45, 2.75) is 9.79 Å². The van der Waals surface area contributed by atoms with Gasteiger partial charge in [-0.1, -0.05) is 24.3 Å². The first-order chi connectivity index (χ1) is 15.0. The molecule has 0 aliphatic rings. The zero-order chi connectivity index (χ0) is 21.8. The molecule has 12 nitrogen and oxygen atoms in total. The Bertz CT molecular complexity index is 1270. The van der Waals surface area contributed by atoms with Gasteiger partial charge in [-0.05, 0) is 40.4 Å². The average molecular weight is 459 g/mol. The van der Waals surface area contributed by atoms with Gasteiger partial charge in [0.05, 0.1) is 5.56 Å². The summed E-state index contributed by atoms with van der Waals surface area (Å²) in [6.07, 6.45) is 1.41. The number of H-pyrrole nitrogens is 2. The predicted molar refractivity (Wildman–Crippen MR) is 115 cm³/mol. The van der Waals surface area contributed by atoms with Crippen molar-refractivity contribution in [1.82, 2.24) is 40.5 Å². The Labute approximate surface area is 181 Å². The van der Waals surface area contributed by atoms with E-state index in [4.69, 9.17) is 10.9 Å². The summed E-state index contributed by atoms with van der Waals surface area (Å²) < 4.78 is 28.3. The number of hydrogen-bond donors (Lipinski definition) is 5. The number of nitrogens with one attached hydrogen (secondary N) is 3. The van der Waals surface area contributed by atoms with E-state index >= 15 is 0 Å². The number of hydrogen-bond acceptors (Lipinski definition) is 10. The van der Waals surface area contributed by atoms with Crippen LogP contribution in [-0.4, -0.2) is 57.3 Å². The Morgan fingerprint density at radius 3 is 2.68 bits per heavy atom. The van der Waals surface area contributed by atoms with E-state index in [1.807, 2.05) is 24.3 Å². The highest BCUT2D eigenvalue weighted by atomic mass is 32.2. The number of aromatic amines is 2. The van der Waals surface area contributed by atoms with Crippen molar-refractivity contribution in [1.29, 1.82) is 0 Å². The van der Waals surface area contributed by atoms with E-state index in [1.54, 1.807) is 12.1 Å². The molecule has 31 heavy (non-hydrogen) atoms. The molecule has 160 valence electrons. The smallest absolute Gasteiger partial charge is 0.239 e. The van der Waals surface area contributed by atoms with Gasteiger partial charge in [0.2, 0.25) is 15.8 Å². The second-order valence-corrected chi connectivity index (χ2v) is 8.73. The van der Waals surface area contributed by atoms with Gasteiger partial charge >= 0.3 is 0 Å². The lowest BCUT2D eigenvalue weighted by atomic mass is 9.97.